The lowest BCUT2D eigenvalue weighted by Gasteiger charge is -2.26. The zero-order valence-electron chi connectivity index (χ0n) is 31.6. The molecule has 0 aliphatic heterocycles. The van der Waals surface area contributed by atoms with E-state index in [1.165, 1.54) is 38.1 Å². The largest absolute Gasteiger partial charge is 0.436 e. The van der Waals surface area contributed by atoms with E-state index < -0.39 is 0 Å². The summed E-state index contributed by atoms with van der Waals surface area (Å²) in [6, 6.07) is 65.9. The minimum absolute atomic E-state index is 0.536. The Hall–Kier alpha value is -8.09. The second-order valence-corrected chi connectivity index (χ2v) is 14.9. The Labute approximate surface area is 338 Å². The highest BCUT2D eigenvalue weighted by molar-refractivity contribution is 6.10. The molecule has 6 heteroatoms. The quantitative estimate of drug-likeness (QED) is 0.157. The van der Waals surface area contributed by atoms with E-state index in [1.54, 1.807) is 6.20 Å². The standard InChI is InChI=1S/C53H32N4O2/c1-2-8-36-29-37(14-13-33(36)7-1)38-21-27-44-39(30-38)15-16-40-31-43(26-28-45(40)44)57(42-24-19-35(20-25-42)52-56-47-10-4-6-12-50(47)59-52)41-22-17-34(18-23-41)48-32-54-53-51(55-48)46-9-3-5-11-49(46)58-53/h1-32H. The topological polar surface area (TPSA) is 68.2 Å². The summed E-state index contributed by atoms with van der Waals surface area (Å²) >= 11 is 0. The van der Waals surface area contributed by atoms with E-state index in [-0.39, 0.29) is 0 Å². The normalized spacial score (nSPS) is 11.7. The molecular weight excluding hydrogens is 725 g/mol. The van der Waals surface area contributed by atoms with Crippen molar-refractivity contribution in [3.63, 3.8) is 0 Å². The molecule has 59 heavy (non-hydrogen) atoms. The molecule has 276 valence electrons. The summed E-state index contributed by atoms with van der Waals surface area (Å²) in [5, 5.41) is 8.25. The predicted octanol–water partition coefficient (Wildman–Crippen LogP) is 14.4. The summed E-state index contributed by atoms with van der Waals surface area (Å²) in [5.41, 5.74) is 11.8. The Balaban J connectivity index is 0.934. The van der Waals surface area contributed by atoms with E-state index in [0.29, 0.717) is 11.6 Å². The van der Waals surface area contributed by atoms with Crippen LogP contribution < -0.4 is 4.90 Å². The molecule has 0 atom stereocenters. The summed E-state index contributed by atoms with van der Waals surface area (Å²) in [4.78, 5) is 16.6. The first-order valence-corrected chi connectivity index (χ1v) is 19.7. The summed E-state index contributed by atoms with van der Waals surface area (Å²) in [6.45, 7) is 0. The maximum absolute atomic E-state index is 6.12. The number of rotatable bonds is 6. The van der Waals surface area contributed by atoms with Crippen LogP contribution in [0.2, 0.25) is 0 Å². The SMILES string of the molecule is c1ccc2cc(-c3ccc4c(ccc5cc(N(c6ccc(-c7cnc8oc9ccccc9c8n7)cc6)c6ccc(-c7nc8ccccc8o7)cc6)ccc54)c3)ccc2c1. The molecule has 3 heterocycles. The van der Waals surface area contributed by atoms with Crippen molar-refractivity contribution in [2.24, 2.45) is 0 Å². The van der Waals surface area contributed by atoms with Crippen LogP contribution in [0.1, 0.15) is 0 Å². The number of oxazole rings is 1. The number of furan rings is 1. The Morgan fingerprint density at radius 3 is 1.78 bits per heavy atom. The van der Waals surface area contributed by atoms with Crippen LogP contribution >= 0.6 is 0 Å². The molecule has 0 spiro atoms. The van der Waals surface area contributed by atoms with E-state index in [2.05, 4.69) is 149 Å². The molecule has 0 amide bonds. The summed E-state index contributed by atoms with van der Waals surface area (Å²) in [7, 11) is 0. The zero-order chi connectivity index (χ0) is 38.9. The third-order valence-corrected chi connectivity index (χ3v) is 11.3. The molecule has 0 aliphatic carbocycles. The van der Waals surface area contributed by atoms with Gasteiger partial charge in [-0.3, -0.25) is 0 Å². The molecule has 9 aromatic carbocycles. The zero-order valence-corrected chi connectivity index (χ0v) is 31.6. The molecule has 0 aliphatic rings. The fourth-order valence-electron chi connectivity index (χ4n) is 8.35. The van der Waals surface area contributed by atoms with Crippen molar-refractivity contribution in [2.45, 2.75) is 0 Å². The van der Waals surface area contributed by atoms with Gasteiger partial charge in [-0.15, -0.1) is 0 Å². The minimum Gasteiger partial charge on any atom is -0.436 e. The van der Waals surface area contributed by atoms with Crippen LogP contribution in [0.15, 0.2) is 203 Å². The van der Waals surface area contributed by atoms with E-state index in [1.807, 2.05) is 48.5 Å². The highest BCUT2D eigenvalue weighted by atomic mass is 16.3. The smallest absolute Gasteiger partial charge is 0.246 e. The fourth-order valence-corrected chi connectivity index (χ4v) is 8.35. The van der Waals surface area contributed by atoms with Gasteiger partial charge in [-0.2, -0.15) is 0 Å². The van der Waals surface area contributed by atoms with Crippen LogP contribution in [0.5, 0.6) is 0 Å². The summed E-state index contributed by atoms with van der Waals surface area (Å²) in [5.74, 6) is 0.596. The predicted molar refractivity (Wildman–Crippen MR) is 240 cm³/mol. The van der Waals surface area contributed by atoms with E-state index >= 15 is 0 Å². The molecule has 0 bridgehead atoms. The number of hydrogen-bond donors (Lipinski definition) is 0. The lowest BCUT2D eigenvalue weighted by atomic mass is 9.96. The van der Waals surface area contributed by atoms with Crippen molar-refractivity contribution < 1.29 is 8.83 Å². The molecular formula is C53H32N4O2. The van der Waals surface area contributed by atoms with Gasteiger partial charge >= 0.3 is 0 Å². The first kappa shape index (κ1) is 33.1. The van der Waals surface area contributed by atoms with Crippen LogP contribution in [0.25, 0.3) is 99.5 Å². The van der Waals surface area contributed by atoms with Gasteiger partial charge in [0, 0.05) is 33.6 Å². The molecule has 6 nitrogen and oxygen atoms in total. The van der Waals surface area contributed by atoms with Gasteiger partial charge in [-0.05, 0) is 128 Å². The molecule has 0 radical (unpaired) electrons. The Morgan fingerprint density at radius 2 is 0.983 bits per heavy atom. The average Bonchev–Trinajstić information content (AvgIpc) is 3.91. The number of nitrogens with zero attached hydrogens (tertiary/aromatic N) is 4. The number of hydrogen-bond acceptors (Lipinski definition) is 6. The Bertz CT molecular complexity index is 3540. The third kappa shape index (κ3) is 5.69. The number of para-hydroxylation sites is 3. The average molecular weight is 757 g/mol. The van der Waals surface area contributed by atoms with Crippen molar-refractivity contribution in [1.29, 1.82) is 0 Å². The van der Waals surface area contributed by atoms with Crippen LogP contribution in [-0.4, -0.2) is 15.0 Å². The fraction of sp³-hybridized carbons (Fsp3) is 0. The second-order valence-electron chi connectivity index (χ2n) is 14.9. The van der Waals surface area contributed by atoms with Crippen LogP contribution in [-0.2, 0) is 0 Å². The van der Waals surface area contributed by atoms with E-state index in [4.69, 9.17) is 18.8 Å². The summed E-state index contributed by atoms with van der Waals surface area (Å²) < 4.78 is 12.1. The first-order chi connectivity index (χ1) is 29.2. The van der Waals surface area contributed by atoms with Crippen molar-refractivity contribution in [3.8, 4) is 33.8 Å². The van der Waals surface area contributed by atoms with Crippen molar-refractivity contribution in [1.82, 2.24) is 15.0 Å². The molecule has 0 fully saturated rings. The molecule has 12 aromatic rings. The Morgan fingerprint density at radius 1 is 0.390 bits per heavy atom. The van der Waals surface area contributed by atoms with Crippen molar-refractivity contribution in [2.75, 3.05) is 4.90 Å². The molecule has 0 unspecified atom stereocenters. The lowest BCUT2D eigenvalue weighted by molar-refractivity contribution is 0.620. The van der Waals surface area contributed by atoms with E-state index in [9.17, 15) is 0 Å². The van der Waals surface area contributed by atoms with Gasteiger partial charge in [0.2, 0.25) is 11.6 Å². The van der Waals surface area contributed by atoms with E-state index in [0.717, 1.165) is 66.9 Å². The van der Waals surface area contributed by atoms with Crippen LogP contribution in [0, 0.1) is 0 Å². The van der Waals surface area contributed by atoms with Crippen molar-refractivity contribution in [3.05, 3.63) is 194 Å². The summed E-state index contributed by atoms with van der Waals surface area (Å²) in [6.07, 6.45) is 1.78. The third-order valence-electron chi connectivity index (χ3n) is 11.3. The molecule has 3 aromatic heterocycles. The maximum Gasteiger partial charge on any atom is 0.246 e. The highest BCUT2D eigenvalue weighted by Crippen LogP contribution is 2.40. The minimum atomic E-state index is 0.536. The van der Waals surface area contributed by atoms with Crippen LogP contribution in [0.4, 0.5) is 17.1 Å². The molecule has 12 rings (SSSR count). The van der Waals surface area contributed by atoms with Gasteiger partial charge in [0.05, 0.1) is 11.9 Å². The number of anilines is 3. The number of benzene rings is 9. The second kappa shape index (κ2) is 13.3. The van der Waals surface area contributed by atoms with Gasteiger partial charge in [-0.1, -0.05) is 103 Å². The molecule has 0 saturated carbocycles. The number of fused-ring (bicyclic) bond motifs is 8. The van der Waals surface area contributed by atoms with Gasteiger partial charge in [0.15, 0.2) is 5.58 Å². The lowest BCUT2D eigenvalue weighted by Crippen LogP contribution is -2.10. The van der Waals surface area contributed by atoms with Gasteiger partial charge in [0.25, 0.3) is 0 Å². The Kier molecular flexibility index (Phi) is 7.43. The van der Waals surface area contributed by atoms with Gasteiger partial charge < -0.3 is 13.7 Å². The van der Waals surface area contributed by atoms with Gasteiger partial charge in [0.1, 0.15) is 16.6 Å². The van der Waals surface area contributed by atoms with Crippen molar-refractivity contribution >= 4 is 82.7 Å². The monoisotopic (exact) mass is 756 g/mol. The maximum atomic E-state index is 6.12. The number of aromatic nitrogens is 3. The molecule has 0 N–H and O–H groups in total. The van der Waals surface area contributed by atoms with Crippen LogP contribution in [0.3, 0.4) is 0 Å². The molecule has 0 saturated heterocycles. The highest BCUT2D eigenvalue weighted by Gasteiger charge is 2.17. The first-order valence-electron chi connectivity index (χ1n) is 19.7. The van der Waals surface area contributed by atoms with Gasteiger partial charge in [-0.25, -0.2) is 15.0 Å².